The van der Waals surface area contributed by atoms with E-state index in [0.717, 1.165) is 38.9 Å². The lowest BCUT2D eigenvalue weighted by Crippen LogP contribution is -2.18. The minimum atomic E-state index is -0.258. The number of pyridine rings is 1. The predicted octanol–water partition coefficient (Wildman–Crippen LogP) is 5.15. The van der Waals surface area contributed by atoms with E-state index in [1.165, 1.54) is 0 Å². The highest BCUT2D eigenvalue weighted by molar-refractivity contribution is 7.22. The third-order valence-corrected chi connectivity index (χ3v) is 5.76. The van der Waals surface area contributed by atoms with Gasteiger partial charge in [0.1, 0.15) is 17.2 Å². The first kappa shape index (κ1) is 20.1. The summed E-state index contributed by atoms with van der Waals surface area (Å²) in [5, 5.41) is 7.54. The van der Waals surface area contributed by atoms with Gasteiger partial charge in [-0.2, -0.15) is 0 Å². The maximum atomic E-state index is 11.7. The van der Waals surface area contributed by atoms with Crippen LogP contribution in [-0.2, 0) is 6.42 Å². The maximum Gasteiger partial charge on any atom is 0.269 e. The van der Waals surface area contributed by atoms with Crippen LogP contribution in [0.25, 0.3) is 10.2 Å². The van der Waals surface area contributed by atoms with Crippen molar-refractivity contribution < 1.29 is 9.53 Å². The number of rotatable bonds is 7. The van der Waals surface area contributed by atoms with E-state index in [4.69, 9.17) is 16.3 Å². The number of hydrogen-bond donors (Lipinski definition) is 2. The molecule has 2 heterocycles. The molecule has 0 radical (unpaired) electrons. The number of benzene rings is 2. The molecule has 2 N–H and O–H groups in total. The van der Waals surface area contributed by atoms with Gasteiger partial charge in [0.2, 0.25) is 0 Å². The van der Waals surface area contributed by atoms with Crippen LogP contribution in [0.15, 0.2) is 60.8 Å². The Morgan fingerprint density at radius 1 is 1.13 bits per heavy atom. The summed E-state index contributed by atoms with van der Waals surface area (Å²) in [5.41, 5.74) is 2.31. The number of ether oxygens (including phenoxy) is 1. The number of anilines is 1. The average Bonchev–Trinajstić information content (AvgIpc) is 3.17. The van der Waals surface area contributed by atoms with Gasteiger partial charge in [0.25, 0.3) is 5.91 Å². The van der Waals surface area contributed by atoms with Crippen molar-refractivity contribution in [2.45, 2.75) is 6.42 Å². The predicted molar refractivity (Wildman–Crippen MR) is 121 cm³/mol. The SMILES string of the molecule is CNC(=O)c1cc(Oc2ccc3nc(NCCc4ccccc4Cl)sc3c2)ccn1. The van der Waals surface area contributed by atoms with E-state index in [0.29, 0.717) is 17.2 Å². The minimum absolute atomic E-state index is 0.258. The molecule has 152 valence electrons. The van der Waals surface area contributed by atoms with Crippen molar-refractivity contribution in [3.63, 3.8) is 0 Å². The second-order valence-corrected chi connectivity index (χ2v) is 7.91. The Labute approximate surface area is 182 Å². The van der Waals surface area contributed by atoms with Gasteiger partial charge >= 0.3 is 0 Å². The van der Waals surface area contributed by atoms with Crippen molar-refractivity contribution >= 4 is 44.2 Å². The number of aromatic nitrogens is 2. The number of nitrogens with zero attached hydrogens (tertiary/aromatic N) is 2. The average molecular weight is 439 g/mol. The van der Waals surface area contributed by atoms with Crippen molar-refractivity contribution in [1.82, 2.24) is 15.3 Å². The molecule has 0 atom stereocenters. The molecule has 0 saturated carbocycles. The summed E-state index contributed by atoms with van der Waals surface area (Å²) in [5.74, 6) is 0.958. The Kier molecular flexibility index (Phi) is 6.11. The second-order valence-electron chi connectivity index (χ2n) is 6.47. The van der Waals surface area contributed by atoms with Crippen LogP contribution in [0.2, 0.25) is 5.02 Å². The number of thiazole rings is 1. The van der Waals surface area contributed by atoms with Gasteiger partial charge in [-0.15, -0.1) is 0 Å². The quantitative estimate of drug-likeness (QED) is 0.417. The topological polar surface area (TPSA) is 76.1 Å². The fraction of sp³-hybridized carbons (Fsp3) is 0.136. The zero-order valence-electron chi connectivity index (χ0n) is 16.2. The lowest BCUT2D eigenvalue weighted by atomic mass is 10.1. The Morgan fingerprint density at radius 2 is 1.97 bits per heavy atom. The van der Waals surface area contributed by atoms with Crippen molar-refractivity contribution in [2.24, 2.45) is 0 Å². The van der Waals surface area contributed by atoms with Gasteiger partial charge in [-0.1, -0.05) is 41.1 Å². The summed E-state index contributed by atoms with van der Waals surface area (Å²) in [6.45, 7) is 0.742. The largest absolute Gasteiger partial charge is 0.457 e. The highest BCUT2D eigenvalue weighted by Crippen LogP contribution is 2.31. The molecule has 30 heavy (non-hydrogen) atoms. The van der Waals surface area contributed by atoms with Crippen LogP contribution in [0.1, 0.15) is 16.1 Å². The molecule has 0 aliphatic carbocycles. The number of carbonyl (C=O) groups excluding carboxylic acids is 1. The highest BCUT2D eigenvalue weighted by atomic mass is 35.5. The van der Waals surface area contributed by atoms with Crippen LogP contribution in [0.5, 0.6) is 11.5 Å². The molecule has 4 aromatic rings. The summed E-state index contributed by atoms with van der Waals surface area (Å²) in [6, 6.07) is 16.9. The Bertz CT molecular complexity index is 1190. The summed E-state index contributed by atoms with van der Waals surface area (Å²) < 4.78 is 6.91. The lowest BCUT2D eigenvalue weighted by molar-refractivity contribution is 0.0958. The Hall–Kier alpha value is -3.16. The Balaban J connectivity index is 1.43. The fourth-order valence-electron chi connectivity index (χ4n) is 2.91. The number of nitrogens with one attached hydrogen (secondary N) is 2. The van der Waals surface area contributed by atoms with Crippen LogP contribution in [0, 0.1) is 0 Å². The molecule has 0 aliphatic rings. The molecule has 2 aromatic carbocycles. The molecular weight excluding hydrogens is 420 g/mol. The maximum absolute atomic E-state index is 11.7. The zero-order valence-corrected chi connectivity index (χ0v) is 17.8. The molecule has 4 rings (SSSR count). The van der Waals surface area contributed by atoms with Gasteiger partial charge in [-0.05, 0) is 36.2 Å². The normalized spacial score (nSPS) is 10.7. The third kappa shape index (κ3) is 4.69. The smallest absolute Gasteiger partial charge is 0.269 e. The van der Waals surface area contributed by atoms with E-state index >= 15 is 0 Å². The van der Waals surface area contributed by atoms with E-state index in [2.05, 4.69) is 20.6 Å². The molecule has 6 nitrogen and oxygen atoms in total. The summed E-state index contributed by atoms with van der Waals surface area (Å²) >= 11 is 7.77. The standard InChI is InChI=1S/C22H19ClN4O2S/c1-24-21(28)19-12-16(9-11-25-19)29-15-6-7-18-20(13-15)30-22(27-18)26-10-8-14-4-2-3-5-17(14)23/h2-7,9,11-13H,8,10H2,1H3,(H,24,28)(H,26,27). The van der Waals surface area contributed by atoms with Gasteiger partial charge < -0.3 is 15.4 Å². The van der Waals surface area contributed by atoms with E-state index in [9.17, 15) is 4.79 Å². The number of fused-ring (bicyclic) bond motifs is 1. The van der Waals surface area contributed by atoms with Crippen molar-refractivity contribution in [3.05, 3.63) is 77.1 Å². The second kappa shape index (κ2) is 9.11. The van der Waals surface area contributed by atoms with Crippen molar-refractivity contribution in [2.75, 3.05) is 18.9 Å². The van der Waals surface area contributed by atoms with Crippen LogP contribution in [-0.4, -0.2) is 29.5 Å². The molecule has 0 aliphatic heterocycles. The fourth-order valence-corrected chi connectivity index (χ4v) is 4.06. The van der Waals surface area contributed by atoms with Crippen molar-refractivity contribution in [1.29, 1.82) is 0 Å². The molecule has 0 spiro atoms. The summed E-state index contributed by atoms with van der Waals surface area (Å²) in [4.78, 5) is 20.4. The van der Waals surface area contributed by atoms with Crippen LogP contribution >= 0.6 is 22.9 Å². The highest BCUT2D eigenvalue weighted by Gasteiger charge is 2.09. The van der Waals surface area contributed by atoms with Crippen LogP contribution in [0.3, 0.4) is 0 Å². The molecule has 0 fully saturated rings. The monoisotopic (exact) mass is 438 g/mol. The van der Waals surface area contributed by atoms with E-state index in [1.807, 2.05) is 42.5 Å². The van der Waals surface area contributed by atoms with E-state index in [-0.39, 0.29) is 5.91 Å². The summed E-state index contributed by atoms with van der Waals surface area (Å²) in [6.07, 6.45) is 2.37. The third-order valence-electron chi connectivity index (χ3n) is 4.42. The van der Waals surface area contributed by atoms with Crippen molar-refractivity contribution in [3.8, 4) is 11.5 Å². The molecule has 0 saturated heterocycles. The first-order valence-corrected chi connectivity index (χ1v) is 10.6. The molecule has 8 heteroatoms. The molecule has 0 unspecified atom stereocenters. The van der Waals surface area contributed by atoms with E-state index < -0.39 is 0 Å². The Morgan fingerprint density at radius 3 is 2.80 bits per heavy atom. The van der Waals surface area contributed by atoms with Crippen LogP contribution < -0.4 is 15.4 Å². The zero-order chi connectivity index (χ0) is 20.9. The number of carbonyl (C=O) groups is 1. The van der Waals surface area contributed by atoms with Crippen LogP contribution in [0.4, 0.5) is 5.13 Å². The molecule has 2 aromatic heterocycles. The first-order chi connectivity index (χ1) is 14.6. The van der Waals surface area contributed by atoms with Gasteiger partial charge in [-0.3, -0.25) is 9.78 Å². The number of amides is 1. The van der Waals surface area contributed by atoms with Gasteiger partial charge in [0.05, 0.1) is 10.2 Å². The summed E-state index contributed by atoms with van der Waals surface area (Å²) in [7, 11) is 1.56. The first-order valence-electron chi connectivity index (χ1n) is 9.36. The lowest BCUT2D eigenvalue weighted by Gasteiger charge is -2.06. The molecule has 0 bridgehead atoms. The van der Waals surface area contributed by atoms with Gasteiger partial charge in [0.15, 0.2) is 5.13 Å². The number of halogens is 1. The van der Waals surface area contributed by atoms with E-state index in [1.54, 1.807) is 36.7 Å². The van der Waals surface area contributed by atoms with Gasteiger partial charge in [-0.25, -0.2) is 4.98 Å². The minimum Gasteiger partial charge on any atom is -0.457 e. The number of hydrogen-bond acceptors (Lipinski definition) is 6. The molecular formula is C22H19ClN4O2S. The van der Waals surface area contributed by atoms with Gasteiger partial charge in [0, 0.05) is 36.9 Å². The molecule has 1 amide bonds.